The van der Waals surface area contributed by atoms with E-state index in [1.807, 2.05) is 36.9 Å². The van der Waals surface area contributed by atoms with E-state index in [1.54, 1.807) is 12.3 Å². The molecule has 2 N–H and O–H groups in total. The smallest absolute Gasteiger partial charge is 0.253 e. The van der Waals surface area contributed by atoms with Crippen molar-refractivity contribution in [2.75, 3.05) is 5.32 Å². The first kappa shape index (κ1) is 14.3. The van der Waals surface area contributed by atoms with Crippen LogP contribution in [0.2, 0.25) is 0 Å². The predicted octanol–water partition coefficient (Wildman–Crippen LogP) is 1.28. The van der Waals surface area contributed by atoms with Gasteiger partial charge in [0.2, 0.25) is 5.91 Å². The monoisotopic (exact) mass is 298 g/mol. The molecule has 0 aliphatic carbocycles. The fourth-order valence-corrected chi connectivity index (χ4v) is 2.79. The summed E-state index contributed by atoms with van der Waals surface area (Å²) < 4.78 is 1.93. The number of carbonyl (C=O) groups is 2. The maximum absolute atomic E-state index is 12.4. The molecule has 0 radical (unpaired) electrons. The number of amides is 2. The molecule has 6 nitrogen and oxygen atoms in total. The maximum atomic E-state index is 12.4. The largest absolute Gasteiger partial charge is 0.354 e. The molecule has 114 valence electrons. The number of rotatable bonds is 3. The van der Waals surface area contributed by atoms with Gasteiger partial charge >= 0.3 is 0 Å². The fraction of sp³-hybridized carbons (Fsp3) is 0.312. The van der Waals surface area contributed by atoms with Gasteiger partial charge in [-0.2, -0.15) is 0 Å². The fourth-order valence-electron chi connectivity index (χ4n) is 2.79. The molecule has 0 fully saturated rings. The van der Waals surface area contributed by atoms with Crippen LogP contribution in [0.15, 0.2) is 30.6 Å². The predicted molar refractivity (Wildman–Crippen MR) is 82.6 cm³/mol. The summed E-state index contributed by atoms with van der Waals surface area (Å²) in [5.41, 5.74) is 2.50. The third kappa shape index (κ3) is 2.47. The Bertz CT molecular complexity index is 735. The van der Waals surface area contributed by atoms with E-state index in [1.165, 1.54) is 0 Å². The van der Waals surface area contributed by atoms with Crippen LogP contribution in [-0.2, 0) is 24.7 Å². The van der Waals surface area contributed by atoms with E-state index in [9.17, 15) is 9.59 Å². The second-order valence-corrected chi connectivity index (χ2v) is 5.37. The lowest BCUT2D eigenvalue weighted by Crippen LogP contribution is -2.47. The van der Waals surface area contributed by atoms with Crippen molar-refractivity contribution in [1.29, 1.82) is 0 Å². The van der Waals surface area contributed by atoms with E-state index in [4.69, 9.17) is 0 Å². The van der Waals surface area contributed by atoms with Crippen LogP contribution < -0.4 is 10.6 Å². The van der Waals surface area contributed by atoms with E-state index >= 15 is 0 Å². The zero-order valence-corrected chi connectivity index (χ0v) is 12.6. The Hall–Kier alpha value is -2.63. The molecule has 0 bridgehead atoms. The van der Waals surface area contributed by atoms with Crippen molar-refractivity contribution in [2.45, 2.75) is 25.8 Å². The van der Waals surface area contributed by atoms with E-state index in [0.29, 0.717) is 17.8 Å². The summed E-state index contributed by atoms with van der Waals surface area (Å²) in [5.74, 6) is 0.130. The Morgan fingerprint density at radius 3 is 3.09 bits per heavy atom. The molecule has 6 heteroatoms. The minimum atomic E-state index is -0.575. The standard InChI is InChI=1S/C16H18N4O2/c1-3-13-11(6-8-20(13)2)15(21)18-12-9-10-5-4-7-17-14(10)19-16(12)22/h4-8,12H,3,9H2,1-2H3,(H,18,21)(H,17,19,22). The lowest BCUT2D eigenvalue weighted by Gasteiger charge is -2.24. The molecule has 1 atom stereocenters. The molecule has 0 saturated carbocycles. The minimum Gasteiger partial charge on any atom is -0.354 e. The number of aromatic nitrogens is 2. The highest BCUT2D eigenvalue weighted by molar-refractivity contribution is 6.02. The summed E-state index contributed by atoms with van der Waals surface area (Å²) in [6.45, 7) is 2.00. The normalized spacial score (nSPS) is 16.8. The second kappa shape index (κ2) is 5.63. The number of fused-ring (bicyclic) bond motifs is 1. The Morgan fingerprint density at radius 2 is 2.32 bits per heavy atom. The molecular weight excluding hydrogens is 280 g/mol. The van der Waals surface area contributed by atoms with Crippen LogP contribution in [-0.4, -0.2) is 27.4 Å². The van der Waals surface area contributed by atoms with Gasteiger partial charge in [0, 0.05) is 31.6 Å². The van der Waals surface area contributed by atoms with Gasteiger partial charge in [0.05, 0.1) is 5.56 Å². The summed E-state index contributed by atoms with van der Waals surface area (Å²) in [6, 6.07) is 4.93. The summed E-state index contributed by atoms with van der Waals surface area (Å²) in [5, 5.41) is 5.55. The molecule has 2 aromatic rings. The highest BCUT2D eigenvalue weighted by Gasteiger charge is 2.29. The van der Waals surface area contributed by atoms with Gasteiger partial charge in [-0.05, 0) is 24.1 Å². The molecule has 22 heavy (non-hydrogen) atoms. The van der Waals surface area contributed by atoms with E-state index in [2.05, 4.69) is 15.6 Å². The molecule has 0 saturated heterocycles. The SMILES string of the molecule is CCc1c(C(=O)NC2Cc3cccnc3NC2=O)ccn1C. The first-order chi connectivity index (χ1) is 10.6. The topological polar surface area (TPSA) is 76.0 Å². The third-order valence-electron chi connectivity index (χ3n) is 3.96. The van der Waals surface area contributed by atoms with Crippen LogP contribution in [0.25, 0.3) is 0 Å². The molecular formula is C16H18N4O2. The van der Waals surface area contributed by atoms with Gasteiger partial charge in [0.15, 0.2) is 0 Å². The van der Waals surface area contributed by atoms with Crippen molar-refractivity contribution >= 4 is 17.6 Å². The van der Waals surface area contributed by atoms with E-state index in [-0.39, 0.29) is 11.8 Å². The van der Waals surface area contributed by atoms with Crippen LogP contribution in [0, 0.1) is 0 Å². The summed E-state index contributed by atoms with van der Waals surface area (Å²) in [7, 11) is 1.91. The van der Waals surface area contributed by atoms with Gasteiger partial charge in [0.1, 0.15) is 11.9 Å². The maximum Gasteiger partial charge on any atom is 0.253 e. The number of aryl methyl sites for hydroxylation is 1. The number of nitrogens with one attached hydrogen (secondary N) is 2. The van der Waals surface area contributed by atoms with Crippen molar-refractivity contribution in [3.05, 3.63) is 47.4 Å². The van der Waals surface area contributed by atoms with Gasteiger partial charge in [-0.25, -0.2) is 4.98 Å². The first-order valence-electron chi connectivity index (χ1n) is 7.30. The van der Waals surface area contributed by atoms with Crippen LogP contribution in [0.1, 0.15) is 28.5 Å². The molecule has 3 heterocycles. The van der Waals surface area contributed by atoms with Crippen molar-refractivity contribution in [1.82, 2.24) is 14.9 Å². The van der Waals surface area contributed by atoms with Gasteiger partial charge < -0.3 is 15.2 Å². The summed E-state index contributed by atoms with van der Waals surface area (Å²) in [6.07, 6.45) is 4.70. The van der Waals surface area contributed by atoms with Crippen LogP contribution in [0.4, 0.5) is 5.82 Å². The average Bonchev–Trinajstić information content (AvgIpc) is 2.89. The quantitative estimate of drug-likeness (QED) is 0.896. The van der Waals surface area contributed by atoms with Crippen molar-refractivity contribution in [2.24, 2.45) is 7.05 Å². The second-order valence-electron chi connectivity index (χ2n) is 5.37. The molecule has 3 rings (SSSR count). The molecule has 2 amide bonds. The Morgan fingerprint density at radius 1 is 1.50 bits per heavy atom. The first-order valence-corrected chi connectivity index (χ1v) is 7.30. The van der Waals surface area contributed by atoms with Crippen molar-refractivity contribution in [3.63, 3.8) is 0 Å². The molecule has 0 spiro atoms. The lowest BCUT2D eigenvalue weighted by molar-refractivity contribution is -0.118. The number of hydrogen-bond acceptors (Lipinski definition) is 3. The lowest BCUT2D eigenvalue weighted by atomic mass is 10.0. The highest BCUT2D eigenvalue weighted by Crippen LogP contribution is 2.20. The summed E-state index contributed by atoms with van der Waals surface area (Å²) >= 11 is 0. The minimum absolute atomic E-state index is 0.218. The third-order valence-corrected chi connectivity index (χ3v) is 3.96. The number of hydrogen-bond donors (Lipinski definition) is 2. The highest BCUT2D eigenvalue weighted by atomic mass is 16.2. The van der Waals surface area contributed by atoms with E-state index < -0.39 is 6.04 Å². The Labute approximate surface area is 128 Å². The molecule has 1 aliphatic heterocycles. The molecule has 1 unspecified atom stereocenters. The van der Waals surface area contributed by atoms with Gasteiger partial charge in [-0.15, -0.1) is 0 Å². The molecule has 2 aromatic heterocycles. The van der Waals surface area contributed by atoms with Crippen molar-refractivity contribution in [3.8, 4) is 0 Å². The molecule has 1 aliphatic rings. The average molecular weight is 298 g/mol. The van der Waals surface area contributed by atoms with Crippen LogP contribution >= 0.6 is 0 Å². The zero-order chi connectivity index (χ0) is 15.7. The number of nitrogens with zero attached hydrogens (tertiary/aromatic N) is 2. The number of carbonyl (C=O) groups excluding carboxylic acids is 2. The van der Waals surface area contributed by atoms with Crippen LogP contribution in [0.3, 0.4) is 0 Å². The zero-order valence-electron chi connectivity index (χ0n) is 12.6. The Kier molecular flexibility index (Phi) is 3.66. The number of pyridine rings is 1. The van der Waals surface area contributed by atoms with Gasteiger partial charge in [-0.1, -0.05) is 13.0 Å². The van der Waals surface area contributed by atoms with Crippen molar-refractivity contribution < 1.29 is 9.59 Å². The van der Waals surface area contributed by atoms with E-state index in [0.717, 1.165) is 17.7 Å². The summed E-state index contributed by atoms with van der Waals surface area (Å²) in [4.78, 5) is 28.7. The Balaban J connectivity index is 1.79. The number of anilines is 1. The van der Waals surface area contributed by atoms with Gasteiger partial charge in [-0.3, -0.25) is 9.59 Å². The van der Waals surface area contributed by atoms with Crippen LogP contribution in [0.5, 0.6) is 0 Å². The molecule has 0 aromatic carbocycles. The van der Waals surface area contributed by atoms with Gasteiger partial charge in [0.25, 0.3) is 5.91 Å².